The number of ether oxygens (including phenoxy) is 1. The molecule has 0 amide bonds. The maximum atomic E-state index is 13.5. The van der Waals surface area contributed by atoms with Crippen LogP contribution in [0.25, 0.3) is 0 Å². The van der Waals surface area contributed by atoms with E-state index in [-0.39, 0.29) is 21.9 Å². The average Bonchev–Trinajstić information content (AvgIpc) is 2.41. The first-order chi connectivity index (χ1) is 9.06. The van der Waals surface area contributed by atoms with Crippen molar-refractivity contribution in [1.82, 2.24) is 0 Å². The number of carbonyl (C=O) groups is 1. The van der Waals surface area contributed by atoms with Crippen LogP contribution >= 0.6 is 11.6 Å². The summed E-state index contributed by atoms with van der Waals surface area (Å²) in [6.45, 7) is 0. The van der Waals surface area contributed by atoms with Crippen LogP contribution in [0.1, 0.15) is 15.9 Å². The number of halogens is 2. The van der Waals surface area contributed by atoms with Crippen LogP contribution in [0.15, 0.2) is 36.4 Å². The lowest BCUT2D eigenvalue weighted by molar-refractivity contribution is 0.103. The molecule has 0 atom stereocenters. The van der Waals surface area contributed by atoms with E-state index in [1.807, 2.05) is 0 Å². The van der Waals surface area contributed by atoms with Crippen molar-refractivity contribution >= 4 is 17.4 Å². The molecule has 0 fully saturated rings. The van der Waals surface area contributed by atoms with E-state index < -0.39 is 17.3 Å². The number of hydrogen-bond donors (Lipinski definition) is 1. The predicted octanol–water partition coefficient (Wildman–Crippen LogP) is 3.42. The molecule has 0 saturated heterocycles. The molecule has 0 saturated carbocycles. The second-order valence-electron chi connectivity index (χ2n) is 3.79. The van der Waals surface area contributed by atoms with Gasteiger partial charge in [0.1, 0.15) is 22.3 Å². The highest BCUT2D eigenvalue weighted by Crippen LogP contribution is 2.36. The highest BCUT2D eigenvalue weighted by molar-refractivity contribution is 6.34. The topological polar surface area (TPSA) is 46.5 Å². The summed E-state index contributed by atoms with van der Waals surface area (Å²) in [5.41, 5.74) is -0.199. The molecule has 2 aromatic carbocycles. The van der Waals surface area contributed by atoms with Crippen LogP contribution in [0.2, 0.25) is 5.02 Å². The van der Waals surface area contributed by atoms with Gasteiger partial charge in [-0.1, -0.05) is 23.7 Å². The Labute approximate surface area is 114 Å². The predicted molar refractivity (Wildman–Crippen MR) is 69.5 cm³/mol. The number of hydrogen-bond acceptors (Lipinski definition) is 3. The van der Waals surface area contributed by atoms with Crippen molar-refractivity contribution in [3.8, 4) is 11.5 Å². The van der Waals surface area contributed by atoms with Crippen LogP contribution in [0.3, 0.4) is 0 Å². The fourth-order valence-corrected chi connectivity index (χ4v) is 1.92. The minimum atomic E-state index is -0.654. The number of rotatable bonds is 3. The largest absolute Gasteiger partial charge is 0.505 e. The average molecular weight is 281 g/mol. The normalized spacial score (nSPS) is 10.3. The van der Waals surface area contributed by atoms with Crippen molar-refractivity contribution in [3.63, 3.8) is 0 Å². The van der Waals surface area contributed by atoms with E-state index in [4.69, 9.17) is 16.3 Å². The SMILES string of the molecule is COc1ccc(C(=O)c2ccccc2F)c(O)c1Cl. The Morgan fingerprint density at radius 1 is 1.21 bits per heavy atom. The summed E-state index contributed by atoms with van der Waals surface area (Å²) >= 11 is 5.85. The van der Waals surface area contributed by atoms with Crippen LogP contribution in [0, 0.1) is 5.82 Å². The van der Waals surface area contributed by atoms with Gasteiger partial charge >= 0.3 is 0 Å². The van der Waals surface area contributed by atoms with Crippen molar-refractivity contribution in [2.45, 2.75) is 0 Å². The molecular weight excluding hydrogens is 271 g/mol. The molecule has 2 rings (SSSR count). The summed E-state index contributed by atoms with van der Waals surface area (Å²) in [6.07, 6.45) is 0. The van der Waals surface area contributed by atoms with E-state index in [0.29, 0.717) is 0 Å². The van der Waals surface area contributed by atoms with Gasteiger partial charge in [0.25, 0.3) is 0 Å². The van der Waals surface area contributed by atoms with Gasteiger partial charge in [-0.2, -0.15) is 0 Å². The Hall–Kier alpha value is -2.07. The lowest BCUT2D eigenvalue weighted by atomic mass is 10.0. The molecule has 0 aliphatic carbocycles. The zero-order valence-electron chi connectivity index (χ0n) is 9.98. The summed E-state index contributed by atoms with van der Waals surface area (Å²) in [5.74, 6) is -1.47. The van der Waals surface area contributed by atoms with Crippen LogP contribution in [-0.2, 0) is 0 Å². The second-order valence-corrected chi connectivity index (χ2v) is 4.16. The first kappa shape index (κ1) is 13.4. The molecule has 1 N–H and O–H groups in total. The van der Waals surface area contributed by atoms with Crippen molar-refractivity contribution in [3.05, 3.63) is 58.4 Å². The van der Waals surface area contributed by atoms with Gasteiger partial charge in [0.2, 0.25) is 0 Å². The van der Waals surface area contributed by atoms with Gasteiger partial charge in [0, 0.05) is 0 Å². The molecule has 0 radical (unpaired) electrons. The zero-order chi connectivity index (χ0) is 14.0. The Bertz CT molecular complexity index is 641. The lowest BCUT2D eigenvalue weighted by Crippen LogP contribution is -2.05. The van der Waals surface area contributed by atoms with Crippen LogP contribution in [0.4, 0.5) is 4.39 Å². The fraction of sp³-hybridized carbons (Fsp3) is 0.0714. The van der Waals surface area contributed by atoms with E-state index in [2.05, 4.69) is 0 Å². The summed E-state index contributed by atoms with van der Waals surface area (Å²) in [4.78, 5) is 12.1. The van der Waals surface area contributed by atoms with Crippen LogP contribution in [-0.4, -0.2) is 18.0 Å². The van der Waals surface area contributed by atoms with Gasteiger partial charge in [-0.15, -0.1) is 0 Å². The molecule has 0 unspecified atom stereocenters. The standard InChI is InChI=1S/C14H10ClFO3/c1-19-11-7-6-9(14(18)12(11)15)13(17)8-4-2-3-5-10(8)16/h2-7,18H,1H3. The van der Waals surface area contributed by atoms with Gasteiger partial charge in [-0.25, -0.2) is 4.39 Å². The molecule has 19 heavy (non-hydrogen) atoms. The first-order valence-corrected chi connectivity index (χ1v) is 5.78. The van der Waals surface area contributed by atoms with Gasteiger partial charge in [-0.05, 0) is 24.3 Å². The minimum Gasteiger partial charge on any atom is -0.505 e. The lowest BCUT2D eigenvalue weighted by Gasteiger charge is -2.09. The number of aromatic hydroxyl groups is 1. The summed E-state index contributed by atoms with van der Waals surface area (Å²) < 4.78 is 18.5. The maximum Gasteiger partial charge on any atom is 0.199 e. The van der Waals surface area contributed by atoms with Gasteiger partial charge in [0.05, 0.1) is 18.2 Å². The molecule has 0 aliphatic rings. The highest BCUT2D eigenvalue weighted by atomic mass is 35.5. The Kier molecular flexibility index (Phi) is 3.71. The maximum absolute atomic E-state index is 13.5. The monoisotopic (exact) mass is 280 g/mol. The van der Waals surface area contributed by atoms with Crippen molar-refractivity contribution in [2.24, 2.45) is 0 Å². The molecule has 5 heteroatoms. The van der Waals surface area contributed by atoms with Crippen molar-refractivity contribution in [2.75, 3.05) is 7.11 Å². The number of carbonyl (C=O) groups excluding carboxylic acids is 1. The molecule has 0 heterocycles. The quantitative estimate of drug-likeness (QED) is 0.876. The summed E-state index contributed by atoms with van der Waals surface area (Å²) in [5, 5.41) is 9.80. The van der Waals surface area contributed by atoms with Crippen molar-refractivity contribution in [1.29, 1.82) is 0 Å². The molecule has 0 aromatic heterocycles. The third kappa shape index (κ3) is 2.39. The highest BCUT2D eigenvalue weighted by Gasteiger charge is 2.20. The third-order valence-corrected chi connectivity index (χ3v) is 3.03. The van der Waals surface area contributed by atoms with Crippen LogP contribution < -0.4 is 4.74 Å². The number of phenolic OH excluding ortho intramolecular Hbond substituents is 1. The van der Waals surface area contributed by atoms with E-state index in [0.717, 1.165) is 0 Å². The molecule has 0 bridgehead atoms. The third-order valence-electron chi connectivity index (χ3n) is 2.66. The zero-order valence-corrected chi connectivity index (χ0v) is 10.7. The molecule has 2 aromatic rings. The Morgan fingerprint density at radius 3 is 2.53 bits per heavy atom. The van der Waals surface area contributed by atoms with Gasteiger partial charge in [0.15, 0.2) is 5.78 Å². The second kappa shape index (κ2) is 5.28. The number of ketones is 1. The van der Waals surface area contributed by atoms with E-state index in [1.165, 1.54) is 37.4 Å². The Morgan fingerprint density at radius 2 is 1.89 bits per heavy atom. The molecule has 3 nitrogen and oxygen atoms in total. The van der Waals surface area contributed by atoms with Gasteiger partial charge in [-0.3, -0.25) is 4.79 Å². The summed E-state index contributed by atoms with van der Waals surface area (Å²) in [6, 6.07) is 8.32. The van der Waals surface area contributed by atoms with E-state index >= 15 is 0 Å². The molecular formula is C14H10ClFO3. The summed E-state index contributed by atoms with van der Waals surface area (Å²) in [7, 11) is 1.39. The van der Waals surface area contributed by atoms with Gasteiger partial charge < -0.3 is 9.84 Å². The number of benzene rings is 2. The van der Waals surface area contributed by atoms with Crippen LogP contribution in [0.5, 0.6) is 11.5 Å². The Balaban J connectivity index is 2.52. The molecule has 98 valence electrons. The fourth-order valence-electron chi connectivity index (χ4n) is 1.68. The molecule has 0 spiro atoms. The number of phenols is 1. The first-order valence-electron chi connectivity index (χ1n) is 5.41. The smallest absolute Gasteiger partial charge is 0.199 e. The minimum absolute atomic E-state index is 0.0732. The van der Waals surface area contributed by atoms with Crippen molar-refractivity contribution < 1.29 is 19.0 Å². The number of methoxy groups -OCH3 is 1. The van der Waals surface area contributed by atoms with E-state index in [1.54, 1.807) is 6.07 Å². The van der Waals surface area contributed by atoms with E-state index in [9.17, 15) is 14.3 Å². The molecule has 0 aliphatic heterocycles.